The van der Waals surface area contributed by atoms with Crippen molar-refractivity contribution in [1.29, 1.82) is 0 Å². The van der Waals surface area contributed by atoms with Crippen molar-refractivity contribution in [2.24, 2.45) is 0 Å². The molecule has 7 heteroatoms. The third kappa shape index (κ3) is 3.51. The Morgan fingerprint density at radius 3 is 2.52 bits per heavy atom. The number of amides is 1. The zero-order chi connectivity index (χ0) is 16.4. The molecular weight excluding hydrogens is 294 g/mol. The molecule has 1 N–H and O–H groups in total. The number of carbonyl (C=O) groups is 1. The number of hydrogen-bond acceptors (Lipinski definition) is 5. The Kier molecular flexibility index (Phi) is 4.58. The predicted molar refractivity (Wildman–Crippen MR) is 87.0 cm³/mol. The van der Waals surface area contributed by atoms with Gasteiger partial charge in [-0.15, -0.1) is 0 Å². The normalized spacial score (nSPS) is 22.1. The molecule has 0 aliphatic carbocycles. The molecule has 1 saturated heterocycles. The summed E-state index contributed by atoms with van der Waals surface area (Å²) in [6.45, 7) is 6.05. The van der Waals surface area contributed by atoms with Crippen molar-refractivity contribution in [2.45, 2.75) is 38.6 Å². The van der Waals surface area contributed by atoms with Gasteiger partial charge in [-0.2, -0.15) is 15.0 Å². The summed E-state index contributed by atoms with van der Waals surface area (Å²) in [5.41, 5.74) is 1.59. The van der Waals surface area contributed by atoms with Crippen molar-refractivity contribution in [3.05, 3.63) is 24.3 Å². The number of carbonyl (C=O) groups excluding carboxylic acids is 1. The van der Waals surface area contributed by atoms with Crippen molar-refractivity contribution in [3.63, 3.8) is 0 Å². The van der Waals surface area contributed by atoms with Gasteiger partial charge < -0.3 is 10.1 Å². The maximum atomic E-state index is 12.3. The molecule has 23 heavy (non-hydrogen) atoms. The Morgan fingerprint density at radius 2 is 1.96 bits per heavy atom. The first-order valence-corrected chi connectivity index (χ1v) is 7.93. The zero-order valence-electron chi connectivity index (χ0n) is 13.8. The molecule has 1 aromatic carbocycles. The van der Waals surface area contributed by atoms with Crippen LogP contribution in [0.15, 0.2) is 24.3 Å². The molecular formula is C16H23N5O2. The highest BCUT2D eigenvalue weighted by Crippen LogP contribution is 2.16. The lowest BCUT2D eigenvalue weighted by Crippen LogP contribution is -2.45. The van der Waals surface area contributed by atoms with Crippen LogP contribution in [0, 0.1) is 0 Å². The second kappa shape index (κ2) is 6.64. The molecule has 0 bridgehead atoms. The number of aromatic nitrogens is 3. The summed E-state index contributed by atoms with van der Waals surface area (Å²) in [5, 5.41) is 11.7. The molecule has 2 aromatic rings. The van der Waals surface area contributed by atoms with Crippen LogP contribution in [0.4, 0.5) is 0 Å². The van der Waals surface area contributed by atoms with Crippen LogP contribution in [0.1, 0.15) is 13.8 Å². The maximum Gasteiger partial charge on any atom is 0.243 e. The topological polar surface area (TPSA) is 72.3 Å². The number of fused-ring (bicyclic) bond motifs is 1. The van der Waals surface area contributed by atoms with Crippen molar-refractivity contribution in [2.75, 3.05) is 20.2 Å². The van der Waals surface area contributed by atoms with Crippen LogP contribution < -0.4 is 5.32 Å². The lowest BCUT2D eigenvalue weighted by molar-refractivity contribution is -0.123. The number of likely N-dealkylation sites (tertiary alicyclic amines) is 1. The van der Waals surface area contributed by atoms with Crippen LogP contribution in [0.25, 0.3) is 11.0 Å². The standard InChI is InChI=1S/C16H23N5O2/c1-11(2)20-8-14(15(9-20)23-3)17-16(22)10-21-18-12-6-4-5-7-13(12)19-21/h4-7,11,14-15H,8-10H2,1-3H3,(H,17,22)/t14-,15-/m0/s1. The number of methoxy groups -OCH3 is 1. The van der Waals surface area contributed by atoms with E-state index in [4.69, 9.17) is 4.74 Å². The zero-order valence-corrected chi connectivity index (χ0v) is 13.8. The second-order valence-corrected chi connectivity index (χ2v) is 6.21. The number of ether oxygens (including phenoxy) is 1. The number of benzene rings is 1. The molecule has 3 rings (SSSR count). The minimum Gasteiger partial charge on any atom is -0.378 e. The Hall–Kier alpha value is -1.99. The second-order valence-electron chi connectivity index (χ2n) is 6.21. The summed E-state index contributed by atoms with van der Waals surface area (Å²) in [5.74, 6) is -0.0945. The molecule has 0 saturated carbocycles. The van der Waals surface area contributed by atoms with Crippen LogP contribution in [0.3, 0.4) is 0 Å². The van der Waals surface area contributed by atoms with E-state index in [-0.39, 0.29) is 24.6 Å². The molecule has 124 valence electrons. The number of nitrogens with one attached hydrogen (secondary N) is 1. The van der Waals surface area contributed by atoms with E-state index in [1.54, 1.807) is 7.11 Å². The molecule has 1 aromatic heterocycles. The Morgan fingerprint density at radius 1 is 1.30 bits per heavy atom. The van der Waals surface area contributed by atoms with Gasteiger partial charge in [0, 0.05) is 26.2 Å². The van der Waals surface area contributed by atoms with Gasteiger partial charge in [-0.05, 0) is 26.0 Å². The molecule has 0 unspecified atom stereocenters. The summed E-state index contributed by atoms with van der Waals surface area (Å²) in [7, 11) is 1.69. The monoisotopic (exact) mass is 317 g/mol. The first-order valence-electron chi connectivity index (χ1n) is 7.93. The van der Waals surface area contributed by atoms with E-state index in [9.17, 15) is 4.79 Å². The average molecular weight is 317 g/mol. The largest absolute Gasteiger partial charge is 0.378 e. The van der Waals surface area contributed by atoms with Crippen LogP contribution in [0.5, 0.6) is 0 Å². The van der Waals surface area contributed by atoms with Gasteiger partial charge in [0.1, 0.15) is 17.6 Å². The molecule has 1 amide bonds. The van der Waals surface area contributed by atoms with Crippen molar-refractivity contribution >= 4 is 16.9 Å². The fraction of sp³-hybridized carbons (Fsp3) is 0.562. The highest BCUT2D eigenvalue weighted by atomic mass is 16.5. The fourth-order valence-corrected chi connectivity index (χ4v) is 2.96. The molecule has 2 atom stereocenters. The quantitative estimate of drug-likeness (QED) is 0.877. The van der Waals surface area contributed by atoms with E-state index >= 15 is 0 Å². The molecule has 1 aliphatic rings. The first-order chi connectivity index (χ1) is 11.1. The maximum absolute atomic E-state index is 12.3. The lowest BCUT2D eigenvalue weighted by atomic mass is 10.2. The van der Waals surface area contributed by atoms with Crippen LogP contribution in [0.2, 0.25) is 0 Å². The van der Waals surface area contributed by atoms with Gasteiger partial charge >= 0.3 is 0 Å². The smallest absolute Gasteiger partial charge is 0.243 e. The average Bonchev–Trinajstić information content (AvgIpc) is 3.10. The molecule has 0 radical (unpaired) electrons. The Labute approximate surface area is 135 Å². The summed E-state index contributed by atoms with van der Waals surface area (Å²) in [6.07, 6.45) is 0.0194. The molecule has 0 spiro atoms. The third-order valence-electron chi connectivity index (χ3n) is 4.29. The highest BCUT2D eigenvalue weighted by molar-refractivity contribution is 5.77. The van der Waals surface area contributed by atoms with Gasteiger partial charge in [0.2, 0.25) is 5.91 Å². The molecule has 1 fully saturated rings. The van der Waals surface area contributed by atoms with Crippen LogP contribution in [-0.4, -0.2) is 64.2 Å². The Balaban J connectivity index is 1.62. The van der Waals surface area contributed by atoms with E-state index in [2.05, 4.69) is 34.3 Å². The van der Waals surface area contributed by atoms with E-state index in [0.29, 0.717) is 6.04 Å². The number of nitrogens with zero attached hydrogens (tertiary/aromatic N) is 4. The minimum absolute atomic E-state index is 0.000113. The predicted octanol–water partition coefficient (Wildman–Crippen LogP) is 0.655. The molecule has 7 nitrogen and oxygen atoms in total. The van der Waals surface area contributed by atoms with Gasteiger partial charge in [0.25, 0.3) is 0 Å². The van der Waals surface area contributed by atoms with E-state index in [1.165, 1.54) is 4.80 Å². The van der Waals surface area contributed by atoms with Crippen molar-refractivity contribution < 1.29 is 9.53 Å². The summed E-state index contributed by atoms with van der Waals surface area (Å²) in [6, 6.07) is 8.02. The van der Waals surface area contributed by atoms with Gasteiger partial charge in [-0.3, -0.25) is 9.69 Å². The molecule has 1 aliphatic heterocycles. The van der Waals surface area contributed by atoms with E-state index < -0.39 is 0 Å². The van der Waals surface area contributed by atoms with Crippen LogP contribution >= 0.6 is 0 Å². The van der Waals surface area contributed by atoms with Gasteiger partial charge in [0.15, 0.2) is 0 Å². The van der Waals surface area contributed by atoms with Crippen molar-refractivity contribution in [1.82, 2.24) is 25.2 Å². The van der Waals surface area contributed by atoms with E-state index in [1.807, 2.05) is 24.3 Å². The first kappa shape index (κ1) is 15.9. The Bertz CT molecular complexity index is 651. The lowest BCUT2D eigenvalue weighted by Gasteiger charge is -2.19. The summed E-state index contributed by atoms with van der Waals surface area (Å²) >= 11 is 0. The van der Waals surface area contributed by atoms with Crippen LogP contribution in [-0.2, 0) is 16.1 Å². The van der Waals surface area contributed by atoms with E-state index in [0.717, 1.165) is 24.1 Å². The number of hydrogen-bond donors (Lipinski definition) is 1. The van der Waals surface area contributed by atoms with Gasteiger partial charge in [0.05, 0.1) is 12.1 Å². The summed E-state index contributed by atoms with van der Waals surface area (Å²) < 4.78 is 5.51. The minimum atomic E-state index is -0.0945. The van der Waals surface area contributed by atoms with Gasteiger partial charge in [-0.25, -0.2) is 0 Å². The van der Waals surface area contributed by atoms with Crippen molar-refractivity contribution in [3.8, 4) is 0 Å². The fourth-order valence-electron chi connectivity index (χ4n) is 2.96. The number of rotatable bonds is 5. The summed E-state index contributed by atoms with van der Waals surface area (Å²) in [4.78, 5) is 16.0. The SMILES string of the molecule is CO[C@H]1CN(C(C)C)C[C@@H]1NC(=O)Cn1nc2ccccc2n1. The molecule has 2 heterocycles. The van der Waals surface area contributed by atoms with Gasteiger partial charge in [-0.1, -0.05) is 12.1 Å². The highest BCUT2D eigenvalue weighted by Gasteiger charge is 2.34. The third-order valence-corrected chi connectivity index (χ3v) is 4.29.